The maximum Gasteiger partial charge on any atom is 0.0788 e. The van der Waals surface area contributed by atoms with Gasteiger partial charge in [0.25, 0.3) is 0 Å². The van der Waals surface area contributed by atoms with E-state index in [1.54, 1.807) is 0 Å². The lowest BCUT2D eigenvalue weighted by Crippen LogP contribution is -2.43. The predicted molar refractivity (Wildman–Crippen MR) is 75.7 cm³/mol. The molecule has 0 saturated heterocycles. The summed E-state index contributed by atoms with van der Waals surface area (Å²) in [5.41, 5.74) is 0.0198. The molecular formula is C15H32O3. The fraction of sp³-hybridized carbons (Fsp3) is 1.00. The maximum absolute atomic E-state index is 8.91. The molecule has 0 rings (SSSR count). The Labute approximate surface area is 113 Å². The Bertz CT molecular complexity index is 230. The van der Waals surface area contributed by atoms with Crippen molar-refractivity contribution in [3.8, 4) is 0 Å². The highest BCUT2D eigenvalue weighted by molar-refractivity contribution is 4.85. The van der Waals surface area contributed by atoms with E-state index < -0.39 is 0 Å². The summed E-state index contributed by atoms with van der Waals surface area (Å²) in [6, 6.07) is 0. The fourth-order valence-corrected chi connectivity index (χ4v) is 2.05. The number of aliphatic hydroxyl groups is 1. The Hall–Kier alpha value is -0.120. The van der Waals surface area contributed by atoms with Crippen molar-refractivity contribution < 1.29 is 14.6 Å². The molecule has 0 aromatic heterocycles. The van der Waals surface area contributed by atoms with Gasteiger partial charge in [0, 0.05) is 0 Å². The lowest BCUT2D eigenvalue weighted by atomic mass is 9.73. The molecular weight excluding hydrogens is 228 g/mol. The SMILES string of the molecule is CC(CO)OCC(C)OC(C)(C)C(C)C(C)(C)C. The van der Waals surface area contributed by atoms with Crippen molar-refractivity contribution in [2.45, 2.75) is 73.2 Å². The Kier molecular flexibility index (Phi) is 6.83. The molecule has 0 fully saturated rings. The molecule has 0 bridgehead atoms. The van der Waals surface area contributed by atoms with Crippen LogP contribution in [0.25, 0.3) is 0 Å². The van der Waals surface area contributed by atoms with Crippen molar-refractivity contribution in [2.24, 2.45) is 11.3 Å². The van der Waals surface area contributed by atoms with Gasteiger partial charge in [-0.1, -0.05) is 27.7 Å². The summed E-state index contributed by atoms with van der Waals surface area (Å²) in [5, 5.41) is 8.91. The maximum atomic E-state index is 8.91. The minimum Gasteiger partial charge on any atom is -0.394 e. The number of hydrogen-bond acceptors (Lipinski definition) is 3. The molecule has 0 spiro atoms. The summed E-state index contributed by atoms with van der Waals surface area (Å²) < 4.78 is 11.6. The predicted octanol–water partition coefficient (Wildman–Crippen LogP) is 3.25. The van der Waals surface area contributed by atoms with Gasteiger partial charge >= 0.3 is 0 Å². The Balaban J connectivity index is 4.31. The number of ether oxygens (including phenoxy) is 2. The molecule has 1 N–H and O–H groups in total. The highest BCUT2D eigenvalue weighted by atomic mass is 16.6. The summed E-state index contributed by atoms with van der Waals surface area (Å²) >= 11 is 0. The molecule has 0 aliphatic heterocycles. The quantitative estimate of drug-likeness (QED) is 0.763. The molecule has 3 unspecified atom stereocenters. The molecule has 0 aliphatic carbocycles. The highest BCUT2D eigenvalue weighted by Crippen LogP contribution is 2.36. The number of rotatable bonds is 7. The molecule has 0 amide bonds. The van der Waals surface area contributed by atoms with Crippen molar-refractivity contribution in [1.29, 1.82) is 0 Å². The molecule has 3 atom stereocenters. The second-order valence-corrected chi connectivity index (χ2v) is 6.95. The van der Waals surface area contributed by atoms with Crippen molar-refractivity contribution in [2.75, 3.05) is 13.2 Å². The van der Waals surface area contributed by atoms with E-state index >= 15 is 0 Å². The third kappa shape index (κ3) is 6.17. The first kappa shape index (κ1) is 17.9. The number of aliphatic hydroxyl groups excluding tert-OH is 1. The first-order chi connectivity index (χ1) is 8.00. The molecule has 3 nitrogen and oxygen atoms in total. The zero-order valence-electron chi connectivity index (χ0n) is 13.4. The van der Waals surface area contributed by atoms with Crippen LogP contribution in [0.3, 0.4) is 0 Å². The molecule has 0 saturated carbocycles. The van der Waals surface area contributed by atoms with Crippen LogP contribution < -0.4 is 0 Å². The molecule has 0 aliphatic rings. The monoisotopic (exact) mass is 260 g/mol. The zero-order chi connectivity index (χ0) is 14.6. The standard InChI is InChI=1S/C15H32O3/c1-11(9-16)17-10-12(2)18-15(7,8)13(3)14(4,5)6/h11-13,16H,9-10H2,1-8H3. The lowest BCUT2D eigenvalue weighted by Gasteiger charge is -2.42. The highest BCUT2D eigenvalue weighted by Gasteiger charge is 2.36. The van der Waals surface area contributed by atoms with Crippen molar-refractivity contribution in [3.63, 3.8) is 0 Å². The van der Waals surface area contributed by atoms with Gasteiger partial charge in [-0.15, -0.1) is 0 Å². The molecule has 0 aromatic rings. The van der Waals surface area contributed by atoms with Crippen LogP contribution in [-0.4, -0.2) is 36.1 Å². The van der Waals surface area contributed by atoms with Gasteiger partial charge in [-0.2, -0.15) is 0 Å². The third-order valence-corrected chi connectivity index (χ3v) is 3.72. The molecule has 110 valence electrons. The minimum atomic E-state index is -0.191. The number of hydrogen-bond donors (Lipinski definition) is 1. The molecule has 3 heteroatoms. The van der Waals surface area contributed by atoms with E-state index in [2.05, 4.69) is 41.5 Å². The second kappa shape index (κ2) is 6.88. The van der Waals surface area contributed by atoms with Gasteiger partial charge in [-0.3, -0.25) is 0 Å². The topological polar surface area (TPSA) is 38.7 Å². The van der Waals surface area contributed by atoms with Crippen LogP contribution in [0.1, 0.15) is 55.4 Å². The molecule has 18 heavy (non-hydrogen) atoms. The van der Waals surface area contributed by atoms with E-state index in [0.717, 1.165) is 0 Å². The van der Waals surface area contributed by atoms with E-state index in [9.17, 15) is 0 Å². The first-order valence-electron chi connectivity index (χ1n) is 6.91. The minimum absolute atomic E-state index is 0.0267. The smallest absolute Gasteiger partial charge is 0.0788 e. The second-order valence-electron chi connectivity index (χ2n) is 6.95. The first-order valence-corrected chi connectivity index (χ1v) is 6.91. The summed E-state index contributed by atoms with van der Waals surface area (Å²) in [6.07, 6.45) is -0.0991. The van der Waals surface area contributed by atoms with Gasteiger partial charge in [0.1, 0.15) is 0 Å². The fourth-order valence-electron chi connectivity index (χ4n) is 2.05. The summed E-state index contributed by atoms with van der Waals surface area (Å²) in [5.74, 6) is 0.433. The van der Waals surface area contributed by atoms with Gasteiger partial charge in [-0.05, 0) is 39.0 Å². The molecule has 0 radical (unpaired) electrons. The van der Waals surface area contributed by atoms with E-state index in [1.807, 2.05) is 13.8 Å². The largest absolute Gasteiger partial charge is 0.394 e. The lowest BCUT2D eigenvalue weighted by molar-refractivity contribution is -0.144. The average Bonchev–Trinajstić information content (AvgIpc) is 2.22. The summed E-state index contributed by atoms with van der Waals surface area (Å²) in [4.78, 5) is 0. The normalized spacial score (nSPS) is 18.5. The van der Waals surface area contributed by atoms with Gasteiger partial charge in [-0.25, -0.2) is 0 Å². The van der Waals surface area contributed by atoms with Crippen molar-refractivity contribution >= 4 is 0 Å². The van der Waals surface area contributed by atoms with Gasteiger partial charge in [0.15, 0.2) is 0 Å². The van der Waals surface area contributed by atoms with Gasteiger partial charge < -0.3 is 14.6 Å². The molecule has 0 heterocycles. The van der Waals surface area contributed by atoms with E-state index in [-0.39, 0.29) is 29.8 Å². The van der Waals surface area contributed by atoms with Crippen LogP contribution in [0.15, 0.2) is 0 Å². The molecule has 0 aromatic carbocycles. The Morgan fingerprint density at radius 3 is 1.83 bits per heavy atom. The zero-order valence-corrected chi connectivity index (χ0v) is 13.4. The Morgan fingerprint density at radius 2 is 1.44 bits per heavy atom. The van der Waals surface area contributed by atoms with E-state index in [1.165, 1.54) is 0 Å². The van der Waals surface area contributed by atoms with Crippen molar-refractivity contribution in [1.82, 2.24) is 0 Å². The van der Waals surface area contributed by atoms with Gasteiger partial charge in [0.05, 0.1) is 31.0 Å². The van der Waals surface area contributed by atoms with Gasteiger partial charge in [0.2, 0.25) is 0 Å². The summed E-state index contributed by atoms with van der Waals surface area (Å²) in [7, 11) is 0. The van der Waals surface area contributed by atoms with Crippen LogP contribution in [0.4, 0.5) is 0 Å². The van der Waals surface area contributed by atoms with E-state index in [0.29, 0.717) is 12.5 Å². The van der Waals surface area contributed by atoms with Crippen LogP contribution in [0.5, 0.6) is 0 Å². The van der Waals surface area contributed by atoms with Crippen LogP contribution in [0, 0.1) is 11.3 Å². The van der Waals surface area contributed by atoms with Crippen LogP contribution >= 0.6 is 0 Å². The summed E-state index contributed by atoms with van der Waals surface area (Å²) in [6.45, 7) is 17.6. The van der Waals surface area contributed by atoms with Crippen LogP contribution in [0.2, 0.25) is 0 Å². The Morgan fingerprint density at radius 1 is 0.944 bits per heavy atom. The average molecular weight is 260 g/mol. The third-order valence-electron chi connectivity index (χ3n) is 3.72. The van der Waals surface area contributed by atoms with Crippen LogP contribution in [-0.2, 0) is 9.47 Å². The van der Waals surface area contributed by atoms with E-state index in [4.69, 9.17) is 14.6 Å². The van der Waals surface area contributed by atoms with Crippen molar-refractivity contribution in [3.05, 3.63) is 0 Å².